The molecular weight excluding hydrogens is 271 g/mol. The van der Waals surface area contributed by atoms with E-state index in [0.29, 0.717) is 16.7 Å². The Morgan fingerprint density at radius 1 is 1.29 bits per heavy atom. The van der Waals surface area contributed by atoms with Crippen molar-refractivity contribution in [3.05, 3.63) is 68.9 Å². The topological polar surface area (TPSA) is 62.9 Å². The minimum atomic E-state index is -0.496. The monoisotopic (exact) mass is 284 g/mol. The summed E-state index contributed by atoms with van der Waals surface area (Å²) in [6, 6.07) is 7.51. The lowest BCUT2D eigenvalue weighted by atomic mass is 10.1. The highest BCUT2D eigenvalue weighted by atomic mass is 19.1. The van der Waals surface area contributed by atoms with E-state index in [1.807, 2.05) is 6.07 Å². The van der Waals surface area contributed by atoms with Gasteiger partial charge in [0.2, 0.25) is 0 Å². The van der Waals surface area contributed by atoms with Crippen molar-refractivity contribution in [2.75, 3.05) is 0 Å². The average Bonchev–Trinajstić information content (AvgIpc) is 2.45. The molecular formula is C16H13FN2O2. The molecule has 0 fully saturated rings. The zero-order chi connectivity index (χ0) is 15.6. The number of halogens is 1. The van der Waals surface area contributed by atoms with Gasteiger partial charge in [0, 0.05) is 11.8 Å². The van der Waals surface area contributed by atoms with Crippen LogP contribution in [0.2, 0.25) is 0 Å². The van der Waals surface area contributed by atoms with Gasteiger partial charge in [-0.05, 0) is 49.2 Å². The second-order valence-electron chi connectivity index (χ2n) is 4.81. The van der Waals surface area contributed by atoms with E-state index in [4.69, 9.17) is 5.26 Å². The van der Waals surface area contributed by atoms with Crippen LogP contribution in [0.5, 0.6) is 0 Å². The number of hydrogen-bond donors (Lipinski definition) is 0. The lowest BCUT2D eigenvalue weighted by Crippen LogP contribution is -2.26. The second kappa shape index (κ2) is 5.71. The first kappa shape index (κ1) is 14.7. The predicted octanol–water partition coefficient (Wildman–Crippen LogP) is 2.36. The fourth-order valence-electron chi connectivity index (χ4n) is 1.99. The average molecular weight is 284 g/mol. The lowest BCUT2D eigenvalue weighted by molar-refractivity contribution is 0.0970. The van der Waals surface area contributed by atoms with Crippen LogP contribution in [0.15, 0.2) is 35.3 Å². The van der Waals surface area contributed by atoms with E-state index in [0.717, 1.165) is 0 Å². The van der Waals surface area contributed by atoms with Gasteiger partial charge >= 0.3 is 0 Å². The molecule has 0 N–H and O–H groups in total. The molecule has 0 saturated heterocycles. The number of ketones is 1. The standard InChI is InChI=1S/C16H13FN2O2/c1-10-5-6-19(16(21)13(10)8-18)9-15(20)12-3-4-14(17)11(2)7-12/h3-7H,9H2,1-2H3. The Balaban J connectivity index is 2.34. The molecule has 0 spiro atoms. The van der Waals surface area contributed by atoms with E-state index < -0.39 is 5.56 Å². The van der Waals surface area contributed by atoms with Crippen LogP contribution in [0.3, 0.4) is 0 Å². The van der Waals surface area contributed by atoms with Crippen LogP contribution in [0.25, 0.3) is 0 Å². The van der Waals surface area contributed by atoms with Gasteiger partial charge < -0.3 is 4.57 Å². The van der Waals surface area contributed by atoms with Gasteiger partial charge in [-0.3, -0.25) is 9.59 Å². The van der Waals surface area contributed by atoms with Crippen LogP contribution in [0, 0.1) is 31.0 Å². The zero-order valence-corrected chi connectivity index (χ0v) is 11.7. The summed E-state index contributed by atoms with van der Waals surface area (Å²) < 4.78 is 14.4. The Morgan fingerprint density at radius 2 is 2.00 bits per heavy atom. The number of aryl methyl sites for hydroxylation is 2. The zero-order valence-electron chi connectivity index (χ0n) is 11.7. The van der Waals surface area contributed by atoms with Crippen molar-refractivity contribution in [3.8, 4) is 6.07 Å². The minimum absolute atomic E-state index is 0.0283. The van der Waals surface area contributed by atoms with Gasteiger partial charge in [0.1, 0.15) is 17.4 Å². The van der Waals surface area contributed by atoms with E-state index in [1.54, 1.807) is 19.9 Å². The maximum Gasteiger partial charge on any atom is 0.269 e. The quantitative estimate of drug-likeness (QED) is 0.813. The maximum atomic E-state index is 13.2. The van der Waals surface area contributed by atoms with E-state index in [2.05, 4.69) is 0 Å². The van der Waals surface area contributed by atoms with Crippen molar-refractivity contribution in [3.63, 3.8) is 0 Å². The number of carbonyl (C=O) groups is 1. The van der Waals surface area contributed by atoms with Gasteiger partial charge in [-0.2, -0.15) is 5.26 Å². The molecule has 106 valence electrons. The number of pyridine rings is 1. The summed E-state index contributed by atoms with van der Waals surface area (Å²) in [6.45, 7) is 3.05. The SMILES string of the molecule is Cc1cc(C(=O)Cn2ccc(C)c(C#N)c2=O)ccc1F. The first-order valence-electron chi connectivity index (χ1n) is 6.33. The lowest BCUT2D eigenvalue weighted by Gasteiger charge is -2.07. The molecule has 2 rings (SSSR count). The third-order valence-electron chi connectivity index (χ3n) is 3.28. The van der Waals surface area contributed by atoms with Crippen LogP contribution >= 0.6 is 0 Å². The highest BCUT2D eigenvalue weighted by molar-refractivity contribution is 5.96. The largest absolute Gasteiger partial charge is 0.307 e. The number of nitrogens with zero attached hydrogens (tertiary/aromatic N) is 2. The summed E-state index contributed by atoms with van der Waals surface area (Å²) in [6.07, 6.45) is 1.48. The molecule has 0 aliphatic carbocycles. The summed E-state index contributed by atoms with van der Waals surface area (Å²) in [5, 5.41) is 8.95. The maximum absolute atomic E-state index is 13.2. The van der Waals surface area contributed by atoms with Crippen molar-refractivity contribution in [1.82, 2.24) is 4.57 Å². The summed E-state index contributed by atoms with van der Waals surface area (Å²) >= 11 is 0. The van der Waals surface area contributed by atoms with Gasteiger partial charge in [-0.1, -0.05) is 0 Å². The summed E-state index contributed by atoms with van der Waals surface area (Å²) in [7, 11) is 0. The molecule has 1 heterocycles. The van der Waals surface area contributed by atoms with Gasteiger partial charge in [0.25, 0.3) is 5.56 Å². The predicted molar refractivity (Wildman–Crippen MR) is 75.6 cm³/mol. The van der Waals surface area contributed by atoms with E-state index in [-0.39, 0.29) is 23.7 Å². The van der Waals surface area contributed by atoms with Crippen molar-refractivity contribution >= 4 is 5.78 Å². The van der Waals surface area contributed by atoms with E-state index in [9.17, 15) is 14.0 Å². The molecule has 0 amide bonds. The molecule has 0 aliphatic rings. The molecule has 0 atom stereocenters. The minimum Gasteiger partial charge on any atom is -0.307 e. The fraction of sp³-hybridized carbons (Fsp3) is 0.188. The number of carbonyl (C=O) groups excluding carboxylic acids is 1. The first-order chi connectivity index (χ1) is 9.93. The Labute approximate surface area is 121 Å². The van der Waals surface area contributed by atoms with Crippen molar-refractivity contribution in [1.29, 1.82) is 5.26 Å². The van der Waals surface area contributed by atoms with Crippen LogP contribution in [-0.4, -0.2) is 10.4 Å². The summed E-state index contributed by atoms with van der Waals surface area (Å²) in [5.41, 5.74) is 0.809. The Hall–Kier alpha value is -2.74. The molecule has 0 unspecified atom stereocenters. The smallest absolute Gasteiger partial charge is 0.269 e. The number of benzene rings is 1. The molecule has 2 aromatic rings. The number of rotatable bonds is 3. The van der Waals surface area contributed by atoms with Crippen molar-refractivity contribution in [2.24, 2.45) is 0 Å². The van der Waals surface area contributed by atoms with Crippen molar-refractivity contribution < 1.29 is 9.18 Å². The van der Waals surface area contributed by atoms with Gasteiger partial charge in [0.15, 0.2) is 5.78 Å². The van der Waals surface area contributed by atoms with E-state index in [1.165, 1.54) is 29.0 Å². The molecule has 0 saturated carbocycles. The summed E-state index contributed by atoms with van der Waals surface area (Å²) in [5.74, 6) is -0.696. The van der Waals surface area contributed by atoms with Crippen LogP contribution < -0.4 is 5.56 Å². The number of hydrogen-bond acceptors (Lipinski definition) is 3. The Morgan fingerprint density at radius 3 is 2.62 bits per heavy atom. The normalized spacial score (nSPS) is 10.2. The van der Waals surface area contributed by atoms with Crippen LogP contribution in [0.1, 0.15) is 27.0 Å². The number of Topliss-reactive ketones (excluding diaryl/α,β-unsaturated/α-hetero) is 1. The Kier molecular flexibility index (Phi) is 3.99. The third kappa shape index (κ3) is 2.90. The highest BCUT2D eigenvalue weighted by Crippen LogP contribution is 2.10. The molecule has 21 heavy (non-hydrogen) atoms. The fourth-order valence-corrected chi connectivity index (χ4v) is 1.99. The van der Waals surface area contributed by atoms with Crippen molar-refractivity contribution in [2.45, 2.75) is 20.4 Å². The second-order valence-corrected chi connectivity index (χ2v) is 4.81. The van der Waals surface area contributed by atoms with Crippen LogP contribution in [-0.2, 0) is 6.54 Å². The number of aromatic nitrogens is 1. The molecule has 0 aliphatic heterocycles. The highest BCUT2D eigenvalue weighted by Gasteiger charge is 2.12. The van der Waals surface area contributed by atoms with Crippen LogP contribution in [0.4, 0.5) is 4.39 Å². The van der Waals surface area contributed by atoms with Gasteiger partial charge in [-0.15, -0.1) is 0 Å². The molecule has 4 nitrogen and oxygen atoms in total. The Bertz CT molecular complexity index is 816. The first-order valence-corrected chi connectivity index (χ1v) is 6.33. The molecule has 5 heteroatoms. The third-order valence-corrected chi connectivity index (χ3v) is 3.28. The van der Waals surface area contributed by atoms with Gasteiger partial charge in [-0.25, -0.2) is 4.39 Å². The summed E-state index contributed by atoms with van der Waals surface area (Å²) in [4.78, 5) is 24.2. The molecule has 1 aromatic carbocycles. The van der Waals surface area contributed by atoms with Gasteiger partial charge in [0.05, 0.1) is 6.54 Å². The molecule has 0 bridgehead atoms. The van der Waals surface area contributed by atoms with E-state index >= 15 is 0 Å². The number of nitriles is 1. The molecule has 1 aromatic heterocycles. The molecule has 0 radical (unpaired) electrons.